The van der Waals surface area contributed by atoms with E-state index in [2.05, 4.69) is 0 Å². The fraction of sp³-hybridized carbons (Fsp3) is 0.167. The van der Waals surface area contributed by atoms with E-state index < -0.39 is 5.97 Å². The number of halogens is 1. The van der Waals surface area contributed by atoms with Crippen molar-refractivity contribution in [2.75, 3.05) is 4.90 Å². The van der Waals surface area contributed by atoms with Crippen LogP contribution in [0.4, 0.5) is 5.69 Å². The van der Waals surface area contributed by atoms with E-state index in [1.54, 1.807) is 48.5 Å². The highest BCUT2D eigenvalue weighted by atomic mass is 35.5. The predicted octanol–water partition coefficient (Wildman–Crippen LogP) is 3.35. The zero-order chi connectivity index (χ0) is 17.1. The number of nitrogens with zero attached hydrogens (tertiary/aromatic N) is 1. The van der Waals surface area contributed by atoms with Crippen molar-refractivity contribution in [2.24, 2.45) is 0 Å². The van der Waals surface area contributed by atoms with Gasteiger partial charge in [0.15, 0.2) is 0 Å². The van der Waals surface area contributed by atoms with Crippen molar-refractivity contribution in [1.82, 2.24) is 0 Å². The number of carbonyl (C=O) groups is 3. The number of imide groups is 1. The van der Waals surface area contributed by atoms with Crippen LogP contribution < -0.4 is 4.90 Å². The summed E-state index contributed by atoms with van der Waals surface area (Å²) in [4.78, 5) is 36.6. The van der Waals surface area contributed by atoms with Gasteiger partial charge in [-0.3, -0.25) is 14.5 Å². The summed E-state index contributed by atoms with van der Waals surface area (Å²) in [6.45, 7) is 0.140. The van der Waals surface area contributed by atoms with E-state index in [1.165, 1.54) is 0 Å². The second-order valence-corrected chi connectivity index (χ2v) is 5.81. The number of amides is 2. The standard InChI is InChI=1S/C18H14ClNO4/c19-14-5-1-12(2-6-14)11-24-18(23)13-3-7-15(8-4-13)20-16(21)9-10-17(20)22/h1-8H,9-11H2. The first-order valence-corrected chi connectivity index (χ1v) is 7.80. The van der Waals surface area contributed by atoms with Gasteiger partial charge < -0.3 is 4.74 Å². The molecule has 0 aliphatic carbocycles. The molecule has 2 aromatic rings. The number of ether oxygens (including phenoxy) is 1. The molecule has 0 radical (unpaired) electrons. The molecule has 5 nitrogen and oxygen atoms in total. The van der Waals surface area contributed by atoms with Gasteiger partial charge in [-0.1, -0.05) is 23.7 Å². The Bertz CT molecular complexity index is 768. The quantitative estimate of drug-likeness (QED) is 0.631. The molecule has 1 saturated heterocycles. The molecule has 1 aliphatic heterocycles. The molecule has 0 atom stereocenters. The smallest absolute Gasteiger partial charge is 0.338 e. The molecule has 6 heteroatoms. The summed E-state index contributed by atoms with van der Waals surface area (Å²) in [6.07, 6.45) is 0.452. The molecule has 0 aromatic heterocycles. The highest BCUT2D eigenvalue weighted by Crippen LogP contribution is 2.23. The Morgan fingerprint density at radius 2 is 1.54 bits per heavy atom. The van der Waals surface area contributed by atoms with Crippen LogP contribution in [0.5, 0.6) is 0 Å². The minimum Gasteiger partial charge on any atom is -0.457 e. The summed E-state index contributed by atoms with van der Waals surface area (Å²) in [7, 11) is 0. The summed E-state index contributed by atoms with van der Waals surface area (Å²) in [5, 5.41) is 0.617. The number of carbonyl (C=O) groups excluding carboxylic acids is 3. The largest absolute Gasteiger partial charge is 0.457 e. The van der Waals surface area contributed by atoms with Crippen LogP contribution >= 0.6 is 11.6 Å². The Morgan fingerprint density at radius 3 is 2.12 bits per heavy atom. The van der Waals surface area contributed by atoms with Crippen LogP contribution in [0.25, 0.3) is 0 Å². The van der Waals surface area contributed by atoms with Crippen molar-refractivity contribution >= 4 is 35.1 Å². The first kappa shape index (κ1) is 16.2. The number of hydrogen-bond acceptors (Lipinski definition) is 4. The topological polar surface area (TPSA) is 63.7 Å². The second kappa shape index (κ2) is 6.84. The van der Waals surface area contributed by atoms with Gasteiger partial charge in [0.1, 0.15) is 6.61 Å². The summed E-state index contributed by atoms with van der Waals surface area (Å²) < 4.78 is 5.23. The van der Waals surface area contributed by atoms with Crippen LogP contribution in [0.3, 0.4) is 0 Å². The van der Waals surface area contributed by atoms with E-state index in [0.717, 1.165) is 10.5 Å². The summed E-state index contributed by atoms with van der Waals surface area (Å²) in [5.74, 6) is -0.924. The van der Waals surface area contributed by atoms with Gasteiger partial charge in [-0.2, -0.15) is 0 Å². The maximum atomic E-state index is 12.1. The van der Waals surface area contributed by atoms with E-state index in [4.69, 9.17) is 16.3 Å². The van der Waals surface area contributed by atoms with Crippen LogP contribution in [-0.2, 0) is 20.9 Å². The predicted molar refractivity (Wildman–Crippen MR) is 88.7 cm³/mol. The molecule has 1 fully saturated rings. The van der Waals surface area contributed by atoms with E-state index in [0.29, 0.717) is 16.3 Å². The third-order valence-corrected chi connectivity index (χ3v) is 3.95. The van der Waals surface area contributed by atoms with Gasteiger partial charge in [-0.05, 0) is 42.0 Å². The number of hydrogen-bond donors (Lipinski definition) is 0. The summed E-state index contributed by atoms with van der Waals surface area (Å²) in [6, 6.07) is 13.2. The molecule has 0 spiro atoms. The van der Waals surface area contributed by atoms with Crippen molar-refractivity contribution in [3.63, 3.8) is 0 Å². The number of rotatable bonds is 4. The zero-order valence-electron chi connectivity index (χ0n) is 12.7. The van der Waals surface area contributed by atoms with E-state index in [9.17, 15) is 14.4 Å². The highest BCUT2D eigenvalue weighted by molar-refractivity contribution is 6.30. The lowest BCUT2D eigenvalue weighted by Gasteiger charge is -2.14. The Hall–Kier alpha value is -2.66. The minimum atomic E-state index is -0.476. The highest BCUT2D eigenvalue weighted by Gasteiger charge is 2.30. The molecule has 1 aliphatic rings. The fourth-order valence-corrected chi connectivity index (χ4v) is 2.55. The summed E-state index contributed by atoms with van der Waals surface area (Å²) in [5.41, 5.74) is 1.65. The third-order valence-electron chi connectivity index (χ3n) is 3.70. The molecular formula is C18H14ClNO4. The lowest BCUT2D eigenvalue weighted by molar-refractivity contribution is -0.121. The van der Waals surface area contributed by atoms with Crippen LogP contribution in [0.15, 0.2) is 48.5 Å². The van der Waals surface area contributed by atoms with Gasteiger partial charge in [-0.15, -0.1) is 0 Å². The first-order valence-electron chi connectivity index (χ1n) is 7.42. The second-order valence-electron chi connectivity index (χ2n) is 5.37. The van der Waals surface area contributed by atoms with Crippen LogP contribution in [0, 0.1) is 0 Å². The van der Waals surface area contributed by atoms with Gasteiger partial charge in [0.2, 0.25) is 11.8 Å². The van der Waals surface area contributed by atoms with Crippen molar-refractivity contribution in [2.45, 2.75) is 19.4 Å². The molecule has 3 rings (SSSR count). The summed E-state index contributed by atoms with van der Waals surface area (Å²) >= 11 is 5.80. The number of esters is 1. The number of benzene rings is 2. The van der Waals surface area contributed by atoms with Crippen LogP contribution in [0.2, 0.25) is 5.02 Å². The van der Waals surface area contributed by atoms with Gasteiger partial charge >= 0.3 is 5.97 Å². The molecule has 1 heterocycles. The van der Waals surface area contributed by atoms with Gasteiger partial charge in [0.25, 0.3) is 0 Å². The minimum absolute atomic E-state index is 0.140. The Morgan fingerprint density at radius 1 is 0.958 bits per heavy atom. The maximum absolute atomic E-state index is 12.1. The van der Waals surface area contributed by atoms with Crippen LogP contribution in [-0.4, -0.2) is 17.8 Å². The van der Waals surface area contributed by atoms with E-state index >= 15 is 0 Å². The monoisotopic (exact) mass is 343 g/mol. The molecule has 122 valence electrons. The van der Waals surface area contributed by atoms with Crippen molar-refractivity contribution < 1.29 is 19.1 Å². The average molecular weight is 344 g/mol. The molecule has 2 amide bonds. The van der Waals surface area contributed by atoms with Crippen molar-refractivity contribution in [3.05, 3.63) is 64.7 Å². The molecular weight excluding hydrogens is 330 g/mol. The molecule has 0 saturated carbocycles. The molecule has 0 bridgehead atoms. The number of anilines is 1. The fourth-order valence-electron chi connectivity index (χ4n) is 2.42. The van der Waals surface area contributed by atoms with Gasteiger partial charge in [0.05, 0.1) is 11.3 Å². The third kappa shape index (κ3) is 3.46. The van der Waals surface area contributed by atoms with E-state index in [-0.39, 0.29) is 31.3 Å². The normalized spacial score (nSPS) is 14.1. The van der Waals surface area contributed by atoms with Gasteiger partial charge in [0, 0.05) is 17.9 Å². The first-order chi connectivity index (χ1) is 11.5. The van der Waals surface area contributed by atoms with Crippen LogP contribution in [0.1, 0.15) is 28.8 Å². The molecule has 0 N–H and O–H groups in total. The SMILES string of the molecule is O=C(OCc1ccc(Cl)cc1)c1ccc(N2C(=O)CCC2=O)cc1. The lowest BCUT2D eigenvalue weighted by Crippen LogP contribution is -2.28. The van der Waals surface area contributed by atoms with Crippen molar-refractivity contribution in [1.29, 1.82) is 0 Å². The van der Waals surface area contributed by atoms with E-state index in [1.807, 2.05) is 0 Å². The Labute approximate surface area is 143 Å². The molecule has 0 unspecified atom stereocenters. The van der Waals surface area contributed by atoms with Crippen molar-refractivity contribution in [3.8, 4) is 0 Å². The molecule has 24 heavy (non-hydrogen) atoms. The zero-order valence-corrected chi connectivity index (χ0v) is 13.5. The average Bonchev–Trinajstić information content (AvgIpc) is 2.93. The van der Waals surface area contributed by atoms with Gasteiger partial charge in [-0.25, -0.2) is 4.79 Å². The maximum Gasteiger partial charge on any atom is 0.338 e. The Balaban J connectivity index is 1.64. The Kier molecular flexibility index (Phi) is 4.62. The molecule has 2 aromatic carbocycles. The lowest BCUT2D eigenvalue weighted by atomic mass is 10.2.